The molecule has 1 aromatic heterocycles. The molecule has 1 saturated heterocycles. The number of methoxy groups -OCH3 is 1. The molecule has 3 rings (SSSR count). The minimum atomic E-state index is -0.178. The highest BCUT2D eigenvalue weighted by Gasteiger charge is 2.31. The molecule has 6 nitrogen and oxygen atoms in total. The van der Waals surface area contributed by atoms with Crippen LogP contribution in [0.4, 0.5) is 0 Å². The average molecular weight is 316 g/mol. The molecule has 1 fully saturated rings. The number of likely N-dealkylation sites (tertiary alicyclic amines) is 1. The van der Waals surface area contributed by atoms with Crippen LogP contribution < -0.4 is 4.74 Å². The maximum absolute atomic E-state index is 12.7. The van der Waals surface area contributed by atoms with Crippen LogP contribution in [0.15, 0.2) is 28.7 Å². The zero-order valence-electron chi connectivity index (χ0n) is 13.3. The highest BCUT2D eigenvalue weighted by atomic mass is 16.5. The van der Waals surface area contributed by atoms with Crippen LogP contribution in [0.3, 0.4) is 0 Å². The summed E-state index contributed by atoms with van der Waals surface area (Å²) in [7, 11) is 1.61. The van der Waals surface area contributed by atoms with E-state index >= 15 is 0 Å². The van der Waals surface area contributed by atoms with E-state index in [9.17, 15) is 9.90 Å². The van der Waals surface area contributed by atoms with E-state index in [0.717, 1.165) is 24.2 Å². The van der Waals surface area contributed by atoms with E-state index in [-0.39, 0.29) is 18.6 Å². The number of rotatable bonds is 4. The van der Waals surface area contributed by atoms with Gasteiger partial charge in [-0.25, -0.2) is 4.98 Å². The molecular weight excluding hydrogens is 296 g/mol. The van der Waals surface area contributed by atoms with Crippen molar-refractivity contribution in [1.29, 1.82) is 0 Å². The van der Waals surface area contributed by atoms with Crippen molar-refractivity contribution in [2.75, 3.05) is 20.3 Å². The van der Waals surface area contributed by atoms with Gasteiger partial charge < -0.3 is 19.2 Å². The Morgan fingerprint density at radius 2 is 2.17 bits per heavy atom. The first-order chi connectivity index (χ1) is 11.1. The summed E-state index contributed by atoms with van der Waals surface area (Å²) in [4.78, 5) is 18.7. The van der Waals surface area contributed by atoms with Crippen LogP contribution in [0.2, 0.25) is 0 Å². The molecule has 0 unspecified atom stereocenters. The summed E-state index contributed by atoms with van der Waals surface area (Å²) in [6, 6.07) is 7.19. The molecule has 2 heterocycles. The molecule has 1 atom stereocenters. The molecule has 23 heavy (non-hydrogen) atoms. The maximum Gasteiger partial charge on any atom is 0.276 e. The van der Waals surface area contributed by atoms with E-state index in [1.165, 1.54) is 0 Å². The van der Waals surface area contributed by atoms with Crippen LogP contribution in [0.1, 0.15) is 29.1 Å². The minimum absolute atomic E-state index is 0.0199. The number of aryl methyl sites for hydroxylation is 1. The molecule has 0 radical (unpaired) electrons. The van der Waals surface area contributed by atoms with Gasteiger partial charge in [0, 0.05) is 12.1 Å². The standard InChI is InChI=1S/C17H20N2O4/c1-11-15(17(21)19-9-3-4-13(19)10-20)18-16(23-11)12-5-7-14(22-2)8-6-12/h5-8,13,20H,3-4,9-10H2,1-2H3/t13-/m1/s1. The molecule has 1 N–H and O–H groups in total. The van der Waals surface area contributed by atoms with Gasteiger partial charge in [0.1, 0.15) is 11.5 Å². The van der Waals surface area contributed by atoms with Crippen molar-refractivity contribution >= 4 is 5.91 Å². The largest absolute Gasteiger partial charge is 0.497 e. The van der Waals surface area contributed by atoms with Gasteiger partial charge in [-0.3, -0.25) is 4.79 Å². The topological polar surface area (TPSA) is 75.8 Å². The number of benzene rings is 1. The second-order valence-electron chi connectivity index (χ2n) is 5.63. The van der Waals surface area contributed by atoms with Crippen molar-refractivity contribution < 1.29 is 19.1 Å². The Labute approximate surface area is 134 Å². The first kappa shape index (κ1) is 15.6. The van der Waals surface area contributed by atoms with Crippen LogP contribution in [0.5, 0.6) is 5.75 Å². The van der Waals surface area contributed by atoms with Gasteiger partial charge in [0.2, 0.25) is 5.89 Å². The maximum atomic E-state index is 12.7. The lowest BCUT2D eigenvalue weighted by atomic mass is 10.2. The monoisotopic (exact) mass is 316 g/mol. The van der Waals surface area contributed by atoms with Crippen molar-refractivity contribution in [2.45, 2.75) is 25.8 Å². The van der Waals surface area contributed by atoms with E-state index < -0.39 is 0 Å². The Morgan fingerprint density at radius 3 is 2.83 bits per heavy atom. The van der Waals surface area contributed by atoms with E-state index in [2.05, 4.69) is 4.98 Å². The number of aliphatic hydroxyl groups excluding tert-OH is 1. The fourth-order valence-corrected chi connectivity index (χ4v) is 2.88. The summed E-state index contributed by atoms with van der Waals surface area (Å²) in [5, 5.41) is 9.38. The number of carbonyl (C=O) groups excluding carboxylic acids is 1. The van der Waals surface area contributed by atoms with Crippen molar-refractivity contribution in [2.24, 2.45) is 0 Å². The zero-order valence-corrected chi connectivity index (χ0v) is 13.3. The van der Waals surface area contributed by atoms with Crippen LogP contribution in [0.25, 0.3) is 11.5 Å². The normalized spacial score (nSPS) is 17.5. The molecule has 1 aliphatic heterocycles. The number of aliphatic hydroxyl groups is 1. The van der Waals surface area contributed by atoms with Gasteiger partial charge in [-0.05, 0) is 44.0 Å². The summed E-state index contributed by atoms with van der Waals surface area (Å²) in [5.41, 5.74) is 1.10. The fourth-order valence-electron chi connectivity index (χ4n) is 2.88. The first-order valence-corrected chi connectivity index (χ1v) is 7.67. The summed E-state index contributed by atoms with van der Waals surface area (Å²) in [6.45, 7) is 2.36. The van der Waals surface area contributed by atoms with Crippen LogP contribution in [-0.4, -0.2) is 47.2 Å². The van der Waals surface area contributed by atoms with Crippen molar-refractivity contribution in [3.8, 4) is 17.2 Å². The predicted molar refractivity (Wildman–Crippen MR) is 84.4 cm³/mol. The molecule has 6 heteroatoms. The second-order valence-corrected chi connectivity index (χ2v) is 5.63. The van der Waals surface area contributed by atoms with Crippen molar-refractivity contribution in [3.05, 3.63) is 35.7 Å². The highest BCUT2D eigenvalue weighted by molar-refractivity contribution is 5.94. The van der Waals surface area contributed by atoms with Gasteiger partial charge in [0.15, 0.2) is 5.69 Å². The number of aromatic nitrogens is 1. The smallest absolute Gasteiger partial charge is 0.276 e. The number of nitrogens with zero attached hydrogens (tertiary/aromatic N) is 2. The van der Waals surface area contributed by atoms with Gasteiger partial charge in [0.05, 0.1) is 19.8 Å². The zero-order chi connectivity index (χ0) is 16.4. The predicted octanol–water partition coefficient (Wildman–Crippen LogP) is 2.26. The highest BCUT2D eigenvalue weighted by Crippen LogP contribution is 2.26. The quantitative estimate of drug-likeness (QED) is 0.936. The SMILES string of the molecule is COc1ccc(-c2nc(C(=O)N3CCC[C@@H]3CO)c(C)o2)cc1. The fraction of sp³-hybridized carbons (Fsp3) is 0.412. The van der Waals surface area contributed by atoms with Gasteiger partial charge in [-0.15, -0.1) is 0 Å². The van der Waals surface area contributed by atoms with Gasteiger partial charge in [0.25, 0.3) is 5.91 Å². The molecule has 0 saturated carbocycles. The Hall–Kier alpha value is -2.34. The summed E-state index contributed by atoms with van der Waals surface area (Å²) >= 11 is 0. The van der Waals surface area contributed by atoms with E-state index in [1.54, 1.807) is 18.9 Å². The minimum Gasteiger partial charge on any atom is -0.497 e. The average Bonchev–Trinajstić information content (AvgIpc) is 3.20. The lowest BCUT2D eigenvalue weighted by Gasteiger charge is -2.21. The van der Waals surface area contributed by atoms with Crippen LogP contribution in [-0.2, 0) is 0 Å². The summed E-state index contributed by atoms with van der Waals surface area (Å²) < 4.78 is 10.8. The van der Waals surface area contributed by atoms with Gasteiger partial charge >= 0.3 is 0 Å². The Bertz CT molecular complexity index is 693. The van der Waals surface area contributed by atoms with Crippen molar-refractivity contribution in [3.63, 3.8) is 0 Å². The number of hydrogen-bond donors (Lipinski definition) is 1. The van der Waals surface area contributed by atoms with Crippen LogP contribution in [0, 0.1) is 6.92 Å². The molecule has 1 aromatic carbocycles. The number of ether oxygens (including phenoxy) is 1. The van der Waals surface area contributed by atoms with E-state index in [4.69, 9.17) is 9.15 Å². The van der Waals surface area contributed by atoms with Crippen LogP contribution >= 0.6 is 0 Å². The lowest BCUT2D eigenvalue weighted by molar-refractivity contribution is 0.0670. The molecule has 0 spiro atoms. The number of oxazole rings is 1. The number of hydrogen-bond acceptors (Lipinski definition) is 5. The molecule has 0 bridgehead atoms. The van der Waals surface area contributed by atoms with E-state index in [0.29, 0.717) is 23.9 Å². The Balaban J connectivity index is 1.86. The molecule has 122 valence electrons. The third-order valence-corrected chi connectivity index (χ3v) is 4.18. The van der Waals surface area contributed by atoms with E-state index in [1.807, 2.05) is 24.3 Å². The third-order valence-electron chi connectivity index (χ3n) is 4.18. The molecule has 0 aliphatic carbocycles. The molecule has 1 amide bonds. The van der Waals surface area contributed by atoms with Crippen molar-refractivity contribution in [1.82, 2.24) is 9.88 Å². The third kappa shape index (κ3) is 2.94. The van der Waals surface area contributed by atoms with Gasteiger partial charge in [-0.1, -0.05) is 0 Å². The Morgan fingerprint density at radius 1 is 1.43 bits per heavy atom. The molecule has 1 aliphatic rings. The molecule has 2 aromatic rings. The lowest BCUT2D eigenvalue weighted by Crippen LogP contribution is -2.38. The summed E-state index contributed by atoms with van der Waals surface area (Å²) in [5.74, 6) is 1.47. The molecular formula is C17H20N2O4. The second kappa shape index (κ2) is 6.42. The summed E-state index contributed by atoms with van der Waals surface area (Å²) in [6.07, 6.45) is 1.73. The number of carbonyl (C=O) groups is 1. The number of amides is 1. The first-order valence-electron chi connectivity index (χ1n) is 7.67. The van der Waals surface area contributed by atoms with Gasteiger partial charge in [-0.2, -0.15) is 0 Å². The Kier molecular flexibility index (Phi) is 4.34.